The lowest BCUT2D eigenvalue weighted by Gasteiger charge is -2.31. The maximum absolute atomic E-state index is 13.2. The van der Waals surface area contributed by atoms with E-state index in [1.807, 2.05) is 29.6 Å². The molecule has 0 spiro atoms. The van der Waals surface area contributed by atoms with Crippen molar-refractivity contribution < 1.29 is 4.79 Å². The number of rotatable bonds is 1. The topological polar surface area (TPSA) is 38.1 Å². The zero-order valence-electron chi connectivity index (χ0n) is 13.9. The molecular formula is C18H18BrN3OS. The van der Waals surface area contributed by atoms with Crippen LogP contribution in [0.15, 0.2) is 22.7 Å². The first-order chi connectivity index (χ1) is 11.5. The molecule has 0 fully saturated rings. The Morgan fingerprint density at radius 2 is 2.08 bits per heavy atom. The third kappa shape index (κ3) is 2.40. The highest BCUT2D eigenvalue weighted by molar-refractivity contribution is 9.10. The van der Waals surface area contributed by atoms with Crippen LogP contribution >= 0.6 is 27.3 Å². The van der Waals surface area contributed by atoms with E-state index < -0.39 is 0 Å². The van der Waals surface area contributed by atoms with Gasteiger partial charge in [-0.05, 0) is 56.0 Å². The summed E-state index contributed by atoms with van der Waals surface area (Å²) in [7, 11) is 1.93. The molecule has 24 heavy (non-hydrogen) atoms. The smallest absolute Gasteiger partial charge is 0.268 e. The Hall–Kier alpha value is -1.66. The average Bonchev–Trinajstić information content (AvgIpc) is 3.08. The number of aryl methyl sites for hydroxylation is 4. The van der Waals surface area contributed by atoms with Gasteiger partial charge in [-0.1, -0.05) is 15.9 Å². The number of hydrogen-bond acceptors (Lipinski definition) is 3. The summed E-state index contributed by atoms with van der Waals surface area (Å²) in [6.07, 6.45) is 2.02. The van der Waals surface area contributed by atoms with Crippen molar-refractivity contribution in [2.75, 3.05) is 11.4 Å². The predicted octanol–water partition coefficient (Wildman–Crippen LogP) is 4.61. The maximum atomic E-state index is 13.2. The number of thiophene rings is 1. The van der Waals surface area contributed by atoms with Crippen molar-refractivity contribution in [1.29, 1.82) is 0 Å². The standard InChI is InChI=1S/C18H18BrN3OS/c1-10-7-13(19)8-12-5-4-6-22(16(10)12)17(23)15-9-14-11(2)20-21(3)18(14)24-15/h7-9H,4-6H2,1-3H3. The zero-order chi connectivity index (χ0) is 17.0. The molecule has 0 atom stereocenters. The van der Waals surface area contributed by atoms with Gasteiger partial charge in [0.2, 0.25) is 0 Å². The summed E-state index contributed by atoms with van der Waals surface area (Å²) >= 11 is 5.10. The van der Waals surface area contributed by atoms with Gasteiger partial charge in [0.25, 0.3) is 5.91 Å². The number of hydrogen-bond donors (Lipinski definition) is 0. The van der Waals surface area contributed by atoms with E-state index in [0.717, 1.165) is 55.9 Å². The van der Waals surface area contributed by atoms with Crippen LogP contribution in [0, 0.1) is 13.8 Å². The lowest BCUT2D eigenvalue weighted by atomic mass is 9.98. The van der Waals surface area contributed by atoms with Crippen LogP contribution in [0.4, 0.5) is 5.69 Å². The molecule has 0 saturated carbocycles. The molecule has 3 heterocycles. The van der Waals surface area contributed by atoms with Crippen molar-refractivity contribution in [3.05, 3.63) is 44.4 Å². The van der Waals surface area contributed by atoms with Crippen molar-refractivity contribution in [2.24, 2.45) is 7.05 Å². The SMILES string of the molecule is Cc1cc(Br)cc2c1N(C(=O)c1cc3c(C)nn(C)c3s1)CCC2. The molecule has 4 nitrogen and oxygen atoms in total. The molecule has 0 aliphatic carbocycles. The first-order valence-electron chi connectivity index (χ1n) is 7.99. The van der Waals surface area contributed by atoms with Gasteiger partial charge in [0, 0.05) is 23.5 Å². The summed E-state index contributed by atoms with van der Waals surface area (Å²) in [5.41, 5.74) is 4.45. The minimum Gasteiger partial charge on any atom is -0.307 e. The van der Waals surface area contributed by atoms with E-state index in [1.54, 1.807) is 0 Å². The number of fused-ring (bicyclic) bond motifs is 2. The Kier molecular flexibility index (Phi) is 3.77. The summed E-state index contributed by atoms with van der Waals surface area (Å²) in [5.74, 6) is 0.0990. The fourth-order valence-corrected chi connectivity index (χ4v) is 5.26. The zero-order valence-corrected chi connectivity index (χ0v) is 16.3. The van der Waals surface area contributed by atoms with Crippen molar-refractivity contribution in [3.8, 4) is 0 Å². The van der Waals surface area contributed by atoms with E-state index >= 15 is 0 Å². The molecule has 1 aromatic carbocycles. The molecule has 1 amide bonds. The molecule has 124 valence electrons. The van der Waals surface area contributed by atoms with Gasteiger partial charge in [0.05, 0.1) is 16.3 Å². The van der Waals surface area contributed by atoms with E-state index in [2.05, 4.69) is 40.1 Å². The van der Waals surface area contributed by atoms with Gasteiger partial charge in [-0.25, -0.2) is 0 Å². The fourth-order valence-electron chi connectivity index (χ4n) is 3.57. The van der Waals surface area contributed by atoms with Gasteiger partial charge in [-0.2, -0.15) is 5.10 Å². The molecule has 6 heteroatoms. The van der Waals surface area contributed by atoms with E-state index in [4.69, 9.17) is 0 Å². The van der Waals surface area contributed by atoms with E-state index in [9.17, 15) is 4.79 Å². The molecule has 0 bridgehead atoms. The van der Waals surface area contributed by atoms with Gasteiger partial charge in [-0.3, -0.25) is 9.48 Å². The fraction of sp³-hybridized carbons (Fsp3) is 0.333. The summed E-state index contributed by atoms with van der Waals surface area (Å²) in [6.45, 7) is 4.84. The number of anilines is 1. The highest BCUT2D eigenvalue weighted by Gasteiger charge is 2.27. The van der Waals surface area contributed by atoms with Gasteiger partial charge in [0.1, 0.15) is 4.83 Å². The van der Waals surface area contributed by atoms with Crippen LogP contribution in [0.25, 0.3) is 10.2 Å². The number of amides is 1. The van der Waals surface area contributed by atoms with Crippen LogP contribution in [-0.2, 0) is 13.5 Å². The molecule has 2 aromatic heterocycles. The monoisotopic (exact) mass is 403 g/mol. The first-order valence-corrected chi connectivity index (χ1v) is 9.60. The predicted molar refractivity (Wildman–Crippen MR) is 102 cm³/mol. The second-order valence-corrected chi connectivity index (χ2v) is 8.28. The quantitative estimate of drug-likeness (QED) is 0.594. The molecule has 0 saturated heterocycles. The van der Waals surface area contributed by atoms with Crippen LogP contribution in [0.2, 0.25) is 0 Å². The Morgan fingerprint density at radius 3 is 2.83 bits per heavy atom. The van der Waals surface area contributed by atoms with Crippen LogP contribution in [-0.4, -0.2) is 22.2 Å². The minimum atomic E-state index is 0.0990. The van der Waals surface area contributed by atoms with Crippen molar-refractivity contribution in [2.45, 2.75) is 26.7 Å². The normalized spacial score (nSPS) is 14.2. The third-order valence-electron chi connectivity index (χ3n) is 4.59. The highest BCUT2D eigenvalue weighted by atomic mass is 79.9. The number of benzene rings is 1. The van der Waals surface area contributed by atoms with E-state index in [0.29, 0.717) is 0 Å². The number of aromatic nitrogens is 2. The number of carbonyl (C=O) groups excluding carboxylic acids is 1. The highest BCUT2D eigenvalue weighted by Crippen LogP contribution is 2.36. The molecule has 0 N–H and O–H groups in total. The lowest BCUT2D eigenvalue weighted by Crippen LogP contribution is -2.35. The van der Waals surface area contributed by atoms with E-state index in [-0.39, 0.29) is 5.91 Å². The van der Waals surface area contributed by atoms with Crippen LogP contribution in [0.3, 0.4) is 0 Å². The van der Waals surface area contributed by atoms with Crippen molar-refractivity contribution in [1.82, 2.24) is 9.78 Å². The van der Waals surface area contributed by atoms with E-state index in [1.165, 1.54) is 16.9 Å². The molecule has 0 radical (unpaired) electrons. The molecule has 4 rings (SSSR count). The molecule has 3 aromatic rings. The summed E-state index contributed by atoms with van der Waals surface area (Å²) in [4.78, 5) is 17.0. The van der Waals surface area contributed by atoms with Crippen molar-refractivity contribution in [3.63, 3.8) is 0 Å². The van der Waals surface area contributed by atoms with Gasteiger partial charge < -0.3 is 4.90 Å². The van der Waals surface area contributed by atoms with Crippen LogP contribution in [0.1, 0.15) is 32.9 Å². The second kappa shape index (κ2) is 5.70. The molecule has 1 aliphatic rings. The minimum absolute atomic E-state index is 0.0990. The third-order valence-corrected chi connectivity index (χ3v) is 6.24. The number of nitrogens with zero attached hydrogens (tertiary/aromatic N) is 3. The first kappa shape index (κ1) is 15.8. The van der Waals surface area contributed by atoms with Crippen LogP contribution < -0.4 is 4.90 Å². The van der Waals surface area contributed by atoms with Crippen molar-refractivity contribution >= 4 is 49.1 Å². The average molecular weight is 404 g/mol. The molecule has 0 unspecified atom stereocenters. The summed E-state index contributed by atoms with van der Waals surface area (Å²) in [5, 5.41) is 5.50. The Balaban J connectivity index is 1.79. The number of halogens is 1. The Labute approximate surface area is 153 Å². The number of carbonyl (C=O) groups is 1. The summed E-state index contributed by atoms with van der Waals surface area (Å²) in [6, 6.07) is 6.22. The second-order valence-electron chi connectivity index (χ2n) is 6.33. The Morgan fingerprint density at radius 1 is 1.29 bits per heavy atom. The maximum Gasteiger partial charge on any atom is 0.268 e. The van der Waals surface area contributed by atoms with Crippen LogP contribution in [0.5, 0.6) is 0 Å². The lowest BCUT2D eigenvalue weighted by molar-refractivity contribution is 0.0989. The van der Waals surface area contributed by atoms with Gasteiger partial charge in [-0.15, -0.1) is 11.3 Å². The summed E-state index contributed by atoms with van der Waals surface area (Å²) < 4.78 is 2.94. The molecule has 1 aliphatic heterocycles. The molecular weight excluding hydrogens is 386 g/mol. The van der Waals surface area contributed by atoms with Gasteiger partial charge >= 0.3 is 0 Å². The van der Waals surface area contributed by atoms with Gasteiger partial charge in [0.15, 0.2) is 0 Å². The Bertz CT molecular complexity index is 938. The largest absolute Gasteiger partial charge is 0.307 e.